The molecular weight excluding hydrogens is 322 g/mol. The molecule has 0 saturated carbocycles. The molecule has 1 amide bonds. The fourth-order valence-electron chi connectivity index (χ4n) is 1.63. The topological polar surface area (TPSA) is 57.6 Å². The Balaban J connectivity index is 2.69. The Hall–Kier alpha value is -1.62. The van der Waals surface area contributed by atoms with Gasteiger partial charge in [0, 0.05) is 24.1 Å². The number of carbonyl (C=O) groups is 2. The van der Waals surface area contributed by atoms with Crippen LogP contribution in [0.5, 0.6) is 0 Å². The number of benzene rings is 1. The molecule has 0 saturated heterocycles. The van der Waals surface area contributed by atoms with Crippen molar-refractivity contribution in [1.29, 1.82) is 0 Å². The van der Waals surface area contributed by atoms with Gasteiger partial charge in [-0.25, -0.2) is 0 Å². The van der Waals surface area contributed by atoms with Gasteiger partial charge in [0.05, 0.1) is 5.92 Å². The standard InChI is InChI=1S/C15H18BrNO3/c1-10-4-5-12(13(16)8-10)6-7-14(18)17(3)9-11(2)15(19)20/h4-8,11H,9H2,1-3H3,(H,19,20). The minimum atomic E-state index is -0.907. The normalized spacial score (nSPS) is 12.4. The highest BCUT2D eigenvalue weighted by Crippen LogP contribution is 2.19. The summed E-state index contributed by atoms with van der Waals surface area (Å²) in [7, 11) is 1.59. The van der Waals surface area contributed by atoms with Crippen molar-refractivity contribution in [3.05, 3.63) is 39.9 Å². The van der Waals surface area contributed by atoms with Gasteiger partial charge in [-0.15, -0.1) is 0 Å². The summed E-state index contributed by atoms with van der Waals surface area (Å²) in [6, 6.07) is 5.86. The predicted octanol–water partition coefficient (Wildman–Crippen LogP) is 2.95. The Morgan fingerprint density at radius 2 is 2.10 bits per heavy atom. The summed E-state index contributed by atoms with van der Waals surface area (Å²) in [5.74, 6) is -1.70. The first kappa shape index (κ1) is 16.4. The van der Waals surface area contributed by atoms with Crippen LogP contribution in [-0.2, 0) is 9.59 Å². The SMILES string of the molecule is Cc1ccc(C=CC(=O)N(C)CC(C)C(=O)O)c(Br)c1. The highest BCUT2D eigenvalue weighted by Gasteiger charge is 2.15. The van der Waals surface area contributed by atoms with Gasteiger partial charge in [0.25, 0.3) is 0 Å². The van der Waals surface area contributed by atoms with Crippen LogP contribution < -0.4 is 0 Å². The summed E-state index contributed by atoms with van der Waals surface area (Å²) in [4.78, 5) is 24.0. The van der Waals surface area contributed by atoms with Gasteiger partial charge in [0.2, 0.25) is 5.91 Å². The molecule has 0 bridgehead atoms. The van der Waals surface area contributed by atoms with E-state index >= 15 is 0 Å². The third kappa shape index (κ3) is 4.81. The Bertz CT molecular complexity index is 540. The summed E-state index contributed by atoms with van der Waals surface area (Å²) in [6.45, 7) is 3.75. The molecule has 108 valence electrons. The van der Waals surface area contributed by atoms with E-state index < -0.39 is 11.9 Å². The molecule has 1 unspecified atom stereocenters. The number of rotatable bonds is 5. The van der Waals surface area contributed by atoms with Crippen LogP contribution in [0, 0.1) is 12.8 Å². The molecule has 20 heavy (non-hydrogen) atoms. The van der Waals surface area contributed by atoms with Gasteiger partial charge in [-0.1, -0.05) is 35.0 Å². The lowest BCUT2D eigenvalue weighted by Crippen LogP contribution is -2.32. The van der Waals surface area contributed by atoms with E-state index in [0.717, 1.165) is 15.6 Å². The number of aryl methyl sites for hydroxylation is 1. The van der Waals surface area contributed by atoms with Crippen molar-refractivity contribution in [3.8, 4) is 0 Å². The van der Waals surface area contributed by atoms with Crippen LogP contribution in [0.15, 0.2) is 28.7 Å². The number of carbonyl (C=O) groups excluding carboxylic acids is 1. The predicted molar refractivity (Wildman–Crippen MR) is 82.3 cm³/mol. The van der Waals surface area contributed by atoms with Crippen molar-refractivity contribution in [2.24, 2.45) is 5.92 Å². The number of hydrogen-bond acceptors (Lipinski definition) is 2. The van der Waals surface area contributed by atoms with Crippen LogP contribution in [0.4, 0.5) is 0 Å². The number of nitrogens with zero attached hydrogens (tertiary/aromatic N) is 1. The Kier molecular flexibility index (Phi) is 5.95. The third-order valence-electron chi connectivity index (χ3n) is 2.91. The monoisotopic (exact) mass is 339 g/mol. The highest BCUT2D eigenvalue weighted by atomic mass is 79.9. The van der Waals surface area contributed by atoms with E-state index in [-0.39, 0.29) is 12.5 Å². The maximum atomic E-state index is 11.9. The molecule has 0 fully saturated rings. The molecule has 0 aliphatic heterocycles. The molecule has 4 nitrogen and oxygen atoms in total. The molecule has 1 aromatic carbocycles. The zero-order valence-corrected chi connectivity index (χ0v) is 13.3. The average molecular weight is 340 g/mol. The number of halogens is 1. The zero-order chi connectivity index (χ0) is 15.3. The van der Waals surface area contributed by atoms with Crippen LogP contribution >= 0.6 is 15.9 Å². The minimum absolute atomic E-state index is 0.188. The quantitative estimate of drug-likeness (QED) is 0.839. The first-order chi connectivity index (χ1) is 9.31. The van der Waals surface area contributed by atoms with Gasteiger partial charge < -0.3 is 10.0 Å². The van der Waals surface area contributed by atoms with Crippen molar-refractivity contribution in [2.75, 3.05) is 13.6 Å². The van der Waals surface area contributed by atoms with Crippen molar-refractivity contribution in [1.82, 2.24) is 4.90 Å². The first-order valence-corrected chi connectivity index (χ1v) is 7.02. The second-order valence-corrected chi connectivity index (χ2v) is 5.67. The van der Waals surface area contributed by atoms with Crippen molar-refractivity contribution >= 4 is 33.9 Å². The molecule has 5 heteroatoms. The van der Waals surface area contributed by atoms with Gasteiger partial charge in [-0.2, -0.15) is 0 Å². The largest absolute Gasteiger partial charge is 0.481 e. The van der Waals surface area contributed by atoms with Gasteiger partial charge in [0.15, 0.2) is 0 Å². The van der Waals surface area contributed by atoms with Gasteiger partial charge >= 0.3 is 5.97 Å². The van der Waals surface area contributed by atoms with Crippen molar-refractivity contribution in [2.45, 2.75) is 13.8 Å². The van der Waals surface area contributed by atoms with E-state index in [4.69, 9.17) is 5.11 Å². The van der Waals surface area contributed by atoms with Crippen molar-refractivity contribution in [3.63, 3.8) is 0 Å². The lowest BCUT2D eigenvalue weighted by molar-refractivity contribution is -0.142. The van der Waals surface area contributed by atoms with Crippen LogP contribution in [0.3, 0.4) is 0 Å². The fourth-order valence-corrected chi connectivity index (χ4v) is 2.26. The number of amides is 1. The number of carboxylic acid groups (broad SMARTS) is 1. The molecule has 0 aliphatic rings. The highest BCUT2D eigenvalue weighted by molar-refractivity contribution is 9.10. The maximum Gasteiger partial charge on any atom is 0.308 e. The second kappa shape index (κ2) is 7.24. The van der Waals surface area contributed by atoms with E-state index in [0.29, 0.717) is 0 Å². The molecule has 0 aliphatic carbocycles. The lowest BCUT2D eigenvalue weighted by Gasteiger charge is -2.17. The Labute approximate surface area is 127 Å². The fraction of sp³-hybridized carbons (Fsp3) is 0.333. The van der Waals surface area contributed by atoms with Crippen LogP contribution in [0.1, 0.15) is 18.1 Å². The summed E-state index contributed by atoms with van der Waals surface area (Å²) in [5.41, 5.74) is 2.04. The number of hydrogen-bond donors (Lipinski definition) is 1. The average Bonchev–Trinajstić information content (AvgIpc) is 2.37. The third-order valence-corrected chi connectivity index (χ3v) is 3.59. The molecule has 1 N–H and O–H groups in total. The molecule has 0 spiro atoms. The number of carboxylic acids is 1. The minimum Gasteiger partial charge on any atom is -0.481 e. The van der Waals surface area contributed by atoms with Crippen LogP contribution in [0.2, 0.25) is 0 Å². The van der Waals surface area contributed by atoms with Crippen LogP contribution in [0.25, 0.3) is 6.08 Å². The summed E-state index contributed by atoms with van der Waals surface area (Å²) in [6.07, 6.45) is 3.16. The zero-order valence-electron chi connectivity index (χ0n) is 11.8. The Morgan fingerprint density at radius 1 is 1.45 bits per heavy atom. The Morgan fingerprint density at radius 3 is 2.65 bits per heavy atom. The van der Waals surface area contributed by atoms with E-state index in [2.05, 4.69) is 15.9 Å². The molecule has 0 radical (unpaired) electrons. The second-order valence-electron chi connectivity index (χ2n) is 4.82. The van der Waals surface area contributed by atoms with E-state index in [1.807, 2.05) is 25.1 Å². The van der Waals surface area contributed by atoms with E-state index in [1.165, 1.54) is 11.0 Å². The van der Waals surface area contributed by atoms with Gasteiger partial charge in [-0.05, 0) is 30.2 Å². The summed E-state index contributed by atoms with van der Waals surface area (Å²) >= 11 is 3.44. The number of likely N-dealkylation sites (N-methyl/N-ethyl adjacent to an activating group) is 1. The summed E-state index contributed by atoms with van der Waals surface area (Å²) < 4.78 is 0.920. The molecular formula is C15H18BrNO3. The molecule has 0 aromatic heterocycles. The van der Waals surface area contributed by atoms with Crippen LogP contribution in [-0.4, -0.2) is 35.5 Å². The van der Waals surface area contributed by atoms with E-state index in [9.17, 15) is 9.59 Å². The first-order valence-electron chi connectivity index (χ1n) is 6.23. The molecule has 0 heterocycles. The van der Waals surface area contributed by atoms with Crippen molar-refractivity contribution < 1.29 is 14.7 Å². The van der Waals surface area contributed by atoms with Gasteiger partial charge in [0.1, 0.15) is 0 Å². The summed E-state index contributed by atoms with van der Waals surface area (Å²) in [5, 5.41) is 8.82. The smallest absolute Gasteiger partial charge is 0.308 e. The lowest BCUT2D eigenvalue weighted by atomic mass is 10.1. The molecule has 1 aromatic rings. The number of aliphatic carboxylic acids is 1. The molecule has 1 rings (SSSR count). The maximum absolute atomic E-state index is 11.9. The molecule has 1 atom stereocenters. The van der Waals surface area contributed by atoms with E-state index in [1.54, 1.807) is 20.0 Å². The van der Waals surface area contributed by atoms with Gasteiger partial charge in [-0.3, -0.25) is 9.59 Å².